The number of fused-ring (bicyclic) bond motifs is 1. The van der Waals surface area contributed by atoms with Gasteiger partial charge < -0.3 is 5.32 Å². The maximum Gasteiger partial charge on any atom is 0.248 e. The van der Waals surface area contributed by atoms with Crippen molar-refractivity contribution in [2.24, 2.45) is 0 Å². The highest BCUT2D eigenvalue weighted by atomic mass is 16.2. The van der Waals surface area contributed by atoms with Crippen LogP contribution in [0.25, 0.3) is 0 Å². The van der Waals surface area contributed by atoms with E-state index in [0.29, 0.717) is 11.4 Å². The summed E-state index contributed by atoms with van der Waals surface area (Å²) >= 11 is 0. The summed E-state index contributed by atoms with van der Waals surface area (Å²) in [7, 11) is 0. The summed E-state index contributed by atoms with van der Waals surface area (Å²) in [5.74, 6) is -1.02. The molecule has 1 aromatic rings. The molecule has 0 saturated heterocycles. The second-order valence-electron chi connectivity index (χ2n) is 2.49. The van der Waals surface area contributed by atoms with Crippen molar-refractivity contribution in [3.05, 3.63) is 24.0 Å². The molecule has 0 fully saturated rings. The Morgan fingerprint density at radius 3 is 3.25 bits per heavy atom. The molecular formula is C8H5N3O. The van der Waals surface area contributed by atoms with Gasteiger partial charge in [-0.05, 0) is 12.1 Å². The van der Waals surface area contributed by atoms with Crippen LogP contribution in [0.15, 0.2) is 18.3 Å². The van der Waals surface area contributed by atoms with Crippen molar-refractivity contribution in [1.29, 1.82) is 5.26 Å². The number of nitriles is 1. The third kappa shape index (κ3) is 0.768. The number of carbonyl (C=O) groups is 1. The minimum Gasteiger partial charge on any atom is -0.323 e. The van der Waals surface area contributed by atoms with Crippen molar-refractivity contribution < 1.29 is 4.79 Å². The number of anilines is 1. The standard InChI is InChI=1S/C8H5N3O/c9-4-5-7-6(11-8(5)12)2-1-3-10-7/h1-3,5H,(H,11,12)/t5-/m0/s1. The average Bonchev–Trinajstić information content (AvgIpc) is 2.40. The number of rotatable bonds is 0. The van der Waals surface area contributed by atoms with Gasteiger partial charge in [0.15, 0.2) is 5.92 Å². The molecular weight excluding hydrogens is 154 g/mol. The molecule has 58 valence electrons. The highest BCUT2D eigenvalue weighted by molar-refractivity contribution is 6.03. The van der Waals surface area contributed by atoms with Gasteiger partial charge in [-0.2, -0.15) is 5.26 Å². The molecule has 12 heavy (non-hydrogen) atoms. The Morgan fingerprint density at radius 2 is 2.50 bits per heavy atom. The lowest BCUT2D eigenvalue weighted by Crippen LogP contribution is -2.10. The van der Waals surface area contributed by atoms with Crippen LogP contribution in [0.3, 0.4) is 0 Å². The molecule has 1 aliphatic rings. The number of hydrogen-bond acceptors (Lipinski definition) is 3. The molecule has 0 unspecified atom stereocenters. The van der Waals surface area contributed by atoms with E-state index in [-0.39, 0.29) is 5.91 Å². The van der Waals surface area contributed by atoms with E-state index in [1.54, 1.807) is 18.3 Å². The van der Waals surface area contributed by atoms with Gasteiger partial charge in [-0.25, -0.2) is 0 Å². The third-order valence-electron chi connectivity index (χ3n) is 1.76. The minimum absolute atomic E-state index is 0.286. The Labute approximate surface area is 68.8 Å². The van der Waals surface area contributed by atoms with E-state index >= 15 is 0 Å². The van der Waals surface area contributed by atoms with E-state index in [2.05, 4.69) is 10.3 Å². The number of nitrogens with one attached hydrogen (secondary N) is 1. The van der Waals surface area contributed by atoms with Crippen molar-refractivity contribution in [1.82, 2.24) is 4.98 Å². The normalized spacial score (nSPS) is 19.6. The molecule has 0 aromatic carbocycles. The lowest BCUT2D eigenvalue weighted by atomic mass is 10.1. The van der Waals surface area contributed by atoms with Crippen molar-refractivity contribution in [3.63, 3.8) is 0 Å². The summed E-state index contributed by atoms with van der Waals surface area (Å²) in [6, 6.07) is 5.35. The van der Waals surface area contributed by atoms with Gasteiger partial charge in [0.05, 0.1) is 17.5 Å². The average molecular weight is 159 g/mol. The smallest absolute Gasteiger partial charge is 0.248 e. The Morgan fingerprint density at radius 1 is 1.67 bits per heavy atom. The molecule has 2 rings (SSSR count). The predicted octanol–water partition coefficient (Wildman–Crippen LogP) is 0.641. The third-order valence-corrected chi connectivity index (χ3v) is 1.76. The van der Waals surface area contributed by atoms with Crippen molar-refractivity contribution in [2.75, 3.05) is 5.32 Å². The van der Waals surface area contributed by atoms with E-state index in [4.69, 9.17) is 5.26 Å². The first-order valence-corrected chi connectivity index (χ1v) is 3.48. The first-order valence-electron chi connectivity index (χ1n) is 3.48. The summed E-state index contributed by atoms with van der Waals surface area (Å²) in [6.45, 7) is 0. The number of pyridine rings is 1. The molecule has 0 saturated carbocycles. The maximum absolute atomic E-state index is 11.1. The Balaban J connectivity index is 2.56. The van der Waals surface area contributed by atoms with Crippen LogP contribution in [-0.4, -0.2) is 10.9 Å². The van der Waals surface area contributed by atoms with Crippen molar-refractivity contribution in [2.45, 2.75) is 5.92 Å². The maximum atomic E-state index is 11.1. The quantitative estimate of drug-likeness (QED) is 0.604. The summed E-state index contributed by atoms with van der Waals surface area (Å²) in [4.78, 5) is 15.0. The summed E-state index contributed by atoms with van der Waals surface area (Å²) in [5, 5.41) is 11.2. The molecule has 0 bridgehead atoms. The van der Waals surface area contributed by atoms with Crippen LogP contribution in [0.5, 0.6) is 0 Å². The van der Waals surface area contributed by atoms with Crippen molar-refractivity contribution in [3.8, 4) is 6.07 Å². The lowest BCUT2D eigenvalue weighted by Gasteiger charge is -1.94. The molecule has 1 N–H and O–H groups in total. The first-order chi connectivity index (χ1) is 5.83. The fourth-order valence-corrected chi connectivity index (χ4v) is 1.20. The number of amides is 1. The zero-order valence-corrected chi connectivity index (χ0v) is 6.11. The molecule has 0 aliphatic carbocycles. The van der Waals surface area contributed by atoms with E-state index in [9.17, 15) is 4.79 Å². The topological polar surface area (TPSA) is 65.8 Å². The SMILES string of the molecule is N#C[C@@H]1C(=O)Nc2cccnc21. The van der Waals surface area contributed by atoms with Gasteiger partial charge in [-0.1, -0.05) is 0 Å². The van der Waals surface area contributed by atoms with Crippen molar-refractivity contribution >= 4 is 11.6 Å². The van der Waals surface area contributed by atoms with Gasteiger partial charge in [-0.3, -0.25) is 9.78 Å². The molecule has 4 heteroatoms. The second-order valence-corrected chi connectivity index (χ2v) is 2.49. The zero-order chi connectivity index (χ0) is 8.55. The number of nitrogens with zero attached hydrogens (tertiary/aromatic N) is 2. The summed E-state index contributed by atoms with van der Waals surface area (Å²) in [5.41, 5.74) is 1.18. The highest BCUT2D eigenvalue weighted by Gasteiger charge is 2.31. The highest BCUT2D eigenvalue weighted by Crippen LogP contribution is 2.28. The molecule has 0 spiro atoms. The van der Waals surface area contributed by atoms with Gasteiger partial charge in [0.2, 0.25) is 5.91 Å². The van der Waals surface area contributed by atoms with E-state index in [1.165, 1.54) is 0 Å². The Hall–Kier alpha value is -1.89. The first kappa shape index (κ1) is 6.80. The van der Waals surface area contributed by atoms with Crippen LogP contribution in [0.2, 0.25) is 0 Å². The monoisotopic (exact) mass is 159 g/mol. The van der Waals surface area contributed by atoms with Gasteiger partial charge in [0.1, 0.15) is 0 Å². The van der Waals surface area contributed by atoms with Crippen LogP contribution in [0.4, 0.5) is 5.69 Å². The minimum atomic E-state index is -0.735. The Bertz CT molecular complexity index is 380. The molecule has 0 radical (unpaired) electrons. The van der Waals surface area contributed by atoms with Gasteiger partial charge >= 0.3 is 0 Å². The van der Waals surface area contributed by atoms with Crippen LogP contribution in [-0.2, 0) is 4.79 Å². The van der Waals surface area contributed by atoms with Crippen LogP contribution in [0.1, 0.15) is 11.6 Å². The van der Waals surface area contributed by atoms with Gasteiger partial charge in [-0.15, -0.1) is 0 Å². The lowest BCUT2D eigenvalue weighted by molar-refractivity contribution is -0.116. The van der Waals surface area contributed by atoms with Gasteiger partial charge in [0.25, 0.3) is 0 Å². The number of aromatic nitrogens is 1. The summed E-state index contributed by atoms with van der Waals surface area (Å²) in [6.07, 6.45) is 1.57. The molecule has 1 aliphatic heterocycles. The fourth-order valence-electron chi connectivity index (χ4n) is 1.20. The molecule has 1 atom stereocenters. The second kappa shape index (κ2) is 2.31. The summed E-state index contributed by atoms with van der Waals surface area (Å²) < 4.78 is 0. The zero-order valence-electron chi connectivity index (χ0n) is 6.11. The van der Waals surface area contributed by atoms with E-state index in [1.807, 2.05) is 6.07 Å². The van der Waals surface area contributed by atoms with Crippen LogP contribution >= 0.6 is 0 Å². The van der Waals surface area contributed by atoms with Crippen LogP contribution < -0.4 is 5.32 Å². The Kier molecular flexibility index (Phi) is 1.31. The number of hydrogen-bond donors (Lipinski definition) is 1. The number of carbonyl (C=O) groups excluding carboxylic acids is 1. The largest absolute Gasteiger partial charge is 0.323 e. The van der Waals surface area contributed by atoms with E-state index < -0.39 is 5.92 Å². The molecule has 1 aromatic heterocycles. The molecule has 1 amide bonds. The predicted molar refractivity (Wildman–Crippen MR) is 41.2 cm³/mol. The fraction of sp³-hybridized carbons (Fsp3) is 0.125. The van der Waals surface area contributed by atoms with Gasteiger partial charge in [0, 0.05) is 6.20 Å². The molecule has 2 heterocycles. The van der Waals surface area contributed by atoms with E-state index in [0.717, 1.165) is 0 Å². The van der Waals surface area contributed by atoms with Crippen LogP contribution in [0, 0.1) is 11.3 Å². The molecule has 4 nitrogen and oxygen atoms in total.